The van der Waals surface area contributed by atoms with Gasteiger partial charge in [0.25, 0.3) is 0 Å². The molecule has 2 heterocycles. The van der Waals surface area contributed by atoms with E-state index in [1.165, 1.54) is 56.7 Å². The minimum absolute atomic E-state index is 0.0364. The largest absolute Gasteiger partial charge is 0.373 e. The van der Waals surface area contributed by atoms with Gasteiger partial charge in [-0.3, -0.25) is 9.89 Å². The van der Waals surface area contributed by atoms with Gasteiger partial charge in [-0.2, -0.15) is 11.8 Å². The highest BCUT2D eigenvalue weighted by molar-refractivity contribution is 7.99. The summed E-state index contributed by atoms with van der Waals surface area (Å²) in [6.07, 6.45) is 7.63. The maximum absolute atomic E-state index is 5.91. The second-order valence-electron chi connectivity index (χ2n) is 7.98. The lowest BCUT2D eigenvalue weighted by Crippen LogP contribution is -2.53. The average molecular weight is 369 g/mol. The Bertz CT molecular complexity index is 439. The minimum atomic E-state index is -0.0364. The summed E-state index contributed by atoms with van der Waals surface area (Å²) in [6, 6.07) is 0. The Morgan fingerprint density at radius 2 is 1.88 bits per heavy atom. The maximum Gasteiger partial charge on any atom is 0.191 e. The van der Waals surface area contributed by atoms with Crippen molar-refractivity contribution in [1.82, 2.24) is 15.5 Å². The van der Waals surface area contributed by atoms with Gasteiger partial charge in [0, 0.05) is 49.8 Å². The van der Waals surface area contributed by atoms with Gasteiger partial charge in [-0.05, 0) is 39.5 Å². The molecule has 1 aliphatic carbocycles. The first-order valence-electron chi connectivity index (χ1n) is 10.1. The molecule has 3 aliphatic rings. The molecule has 1 unspecified atom stereocenters. The van der Waals surface area contributed by atoms with Crippen LogP contribution in [0, 0.1) is 0 Å². The van der Waals surface area contributed by atoms with Gasteiger partial charge in [0.2, 0.25) is 0 Å². The zero-order valence-electron chi connectivity index (χ0n) is 16.1. The Morgan fingerprint density at radius 1 is 1.12 bits per heavy atom. The average Bonchev–Trinajstić information content (AvgIpc) is 3.29. The van der Waals surface area contributed by atoms with Crippen molar-refractivity contribution in [2.24, 2.45) is 4.99 Å². The van der Waals surface area contributed by atoms with E-state index in [1.54, 1.807) is 0 Å². The van der Waals surface area contributed by atoms with E-state index in [1.807, 2.05) is 0 Å². The van der Waals surface area contributed by atoms with E-state index >= 15 is 0 Å². The van der Waals surface area contributed by atoms with Gasteiger partial charge in [-0.25, -0.2) is 0 Å². The van der Waals surface area contributed by atoms with Gasteiger partial charge in [0.15, 0.2) is 5.96 Å². The lowest BCUT2D eigenvalue weighted by molar-refractivity contribution is 0.0242. The lowest BCUT2D eigenvalue weighted by atomic mass is 9.95. The first-order valence-corrected chi connectivity index (χ1v) is 11.3. The Kier molecular flexibility index (Phi) is 6.92. The monoisotopic (exact) mass is 368 g/mol. The molecule has 0 amide bonds. The van der Waals surface area contributed by atoms with Crippen molar-refractivity contribution >= 4 is 17.7 Å². The summed E-state index contributed by atoms with van der Waals surface area (Å²) in [5.74, 6) is 3.51. The first kappa shape index (κ1) is 19.3. The highest BCUT2D eigenvalue weighted by Gasteiger charge is 2.40. The number of hydrogen-bond donors (Lipinski definition) is 2. The fourth-order valence-electron chi connectivity index (χ4n) is 4.46. The molecular formula is C19H36N4OS. The van der Waals surface area contributed by atoms with E-state index in [9.17, 15) is 0 Å². The molecule has 0 spiro atoms. The molecule has 25 heavy (non-hydrogen) atoms. The number of hydrogen-bond acceptors (Lipinski definition) is 4. The smallest absolute Gasteiger partial charge is 0.191 e. The van der Waals surface area contributed by atoms with Crippen molar-refractivity contribution in [1.29, 1.82) is 0 Å². The predicted molar refractivity (Wildman–Crippen MR) is 108 cm³/mol. The van der Waals surface area contributed by atoms with Crippen molar-refractivity contribution < 1.29 is 4.74 Å². The molecule has 3 rings (SSSR count). The van der Waals surface area contributed by atoms with Gasteiger partial charge < -0.3 is 15.4 Å². The van der Waals surface area contributed by atoms with E-state index in [2.05, 4.69) is 41.1 Å². The number of ether oxygens (including phenoxy) is 1. The van der Waals surface area contributed by atoms with E-state index in [4.69, 9.17) is 9.73 Å². The summed E-state index contributed by atoms with van der Waals surface area (Å²) in [4.78, 5) is 7.77. The molecule has 0 aromatic rings. The van der Waals surface area contributed by atoms with Crippen LogP contribution in [0.1, 0.15) is 52.4 Å². The fraction of sp³-hybridized carbons (Fsp3) is 0.947. The maximum atomic E-state index is 5.91. The fourth-order valence-corrected chi connectivity index (χ4v) is 5.36. The molecule has 144 valence electrons. The van der Waals surface area contributed by atoms with Crippen LogP contribution in [0.15, 0.2) is 4.99 Å². The molecule has 5 nitrogen and oxygen atoms in total. The molecule has 1 saturated carbocycles. The molecule has 1 atom stereocenters. The summed E-state index contributed by atoms with van der Waals surface area (Å²) in [5.41, 5.74) is 0.266. The third-order valence-electron chi connectivity index (χ3n) is 6.02. The lowest BCUT2D eigenvalue weighted by Gasteiger charge is -2.42. The van der Waals surface area contributed by atoms with Crippen LogP contribution < -0.4 is 10.6 Å². The van der Waals surface area contributed by atoms with Crippen molar-refractivity contribution in [3.8, 4) is 0 Å². The van der Waals surface area contributed by atoms with Crippen LogP contribution >= 0.6 is 11.8 Å². The summed E-state index contributed by atoms with van der Waals surface area (Å²) in [7, 11) is 0. The Hall–Kier alpha value is -0.460. The van der Waals surface area contributed by atoms with Crippen LogP contribution in [-0.4, -0.2) is 72.8 Å². The van der Waals surface area contributed by atoms with Crippen molar-refractivity contribution in [2.75, 3.05) is 50.8 Å². The number of nitrogens with zero attached hydrogens (tertiary/aromatic N) is 2. The van der Waals surface area contributed by atoms with Gasteiger partial charge >= 0.3 is 0 Å². The number of aliphatic imine (C=N–C) groups is 1. The molecule has 0 radical (unpaired) electrons. The molecule has 0 aromatic heterocycles. The quantitative estimate of drug-likeness (QED) is 0.557. The third-order valence-corrected chi connectivity index (χ3v) is 6.96. The zero-order valence-corrected chi connectivity index (χ0v) is 16.9. The van der Waals surface area contributed by atoms with Crippen LogP contribution in [0.3, 0.4) is 0 Å². The van der Waals surface area contributed by atoms with E-state index in [0.717, 1.165) is 38.6 Å². The Labute approximate surface area is 157 Å². The molecule has 0 bridgehead atoms. The number of nitrogens with one attached hydrogen (secondary N) is 2. The second-order valence-corrected chi connectivity index (χ2v) is 9.21. The summed E-state index contributed by atoms with van der Waals surface area (Å²) >= 11 is 2.09. The van der Waals surface area contributed by atoms with Crippen molar-refractivity contribution in [2.45, 2.75) is 63.5 Å². The number of rotatable bonds is 6. The molecule has 2 N–H and O–H groups in total. The summed E-state index contributed by atoms with van der Waals surface area (Å²) < 4.78 is 5.91. The van der Waals surface area contributed by atoms with Crippen molar-refractivity contribution in [3.05, 3.63) is 0 Å². The number of thioether (sulfide) groups is 1. The highest BCUT2D eigenvalue weighted by Crippen LogP contribution is 2.37. The van der Waals surface area contributed by atoms with Gasteiger partial charge in [-0.1, -0.05) is 12.8 Å². The SMILES string of the molecule is CCNC(=NCC1(N2CCSCC2)CCCC1)NCC1(C)CCCO1. The molecule has 2 aliphatic heterocycles. The van der Waals surface area contributed by atoms with Crippen LogP contribution in [0.5, 0.6) is 0 Å². The normalized spacial score (nSPS) is 30.6. The van der Waals surface area contributed by atoms with Crippen LogP contribution in [0.2, 0.25) is 0 Å². The highest BCUT2D eigenvalue weighted by atomic mass is 32.2. The topological polar surface area (TPSA) is 48.9 Å². The predicted octanol–water partition coefficient (Wildman–Crippen LogP) is 2.47. The van der Waals surface area contributed by atoms with Crippen LogP contribution in [0.25, 0.3) is 0 Å². The minimum Gasteiger partial charge on any atom is -0.373 e. The van der Waals surface area contributed by atoms with Crippen molar-refractivity contribution in [3.63, 3.8) is 0 Å². The van der Waals surface area contributed by atoms with Crippen LogP contribution in [-0.2, 0) is 4.74 Å². The summed E-state index contributed by atoms with van der Waals surface area (Å²) in [5, 5.41) is 6.97. The zero-order chi connectivity index (χ0) is 17.6. The van der Waals surface area contributed by atoms with E-state index in [-0.39, 0.29) is 5.60 Å². The van der Waals surface area contributed by atoms with Gasteiger partial charge in [0.05, 0.1) is 12.1 Å². The summed E-state index contributed by atoms with van der Waals surface area (Å²) in [6.45, 7) is 10.4. The molecule has 0 aromatic carbocycles. The molecular weight excluding hydrogens is 332 g/mol. The molecule has 6 heteroatoms. The van der Waals surface area contributed by atoms with E-state index in [0.29, 0.717) is 5.54 Å². The molecule has 2 saturated heterocycles. The Balaban J connectivity index is 1.61. The van der Waals surface area contributed by atoms with Gasteiger partial charge in [0.1, 0.15) is 0 Å². The Morgan fingerprint density at radius 3 is 2.52 bits per heavy atom. The second kappa shape index (κ2) is 8.96. The third kappa shape index (κ3) is 5.04. The number of guanidine groups is 1. The first-order chi connectivity index (χ1) is 12.2. The van der Waals surface area contributed by atoms with Crippen LogP contribution in [0.4, 0.5) is 0 Å². The standard InChI is InChI=1S/C19H36N4OS/c1-3-20-17(21-15-18(2)7-6-12-24-18)22-16-19(8-4-5-9-19)23-10-13-25-14-11-23/h3-16H2,1-2H3,(H2,20,21,22). The molecule has 3 fully saturated rings. The van der Waals surface area contributed by atoms with Gasteiger partial charge in [-0.15, -0.1) is 0 Å². The van der Waals surface area contributed by atoms with E-state index < -0.39 is 0 Å².